The maximum Gasteiger partial charge on any atom is 0.259 e. The third-order valence-corrected chi connectivity index (χ3v) is 6.39. The van der Waals surface area contributed by atoms with Gasteiger partial charge in [0.25, 0.3) is 5.91 Å². The number of rotatable bonds is 4. The summed E-state index contributed by atoms with van der Waals surface area (Å²) < 4.78 is 48.1. The topological polar surface area (TPSA) is 93.5 Å². The highest BCUT2D eigenvalue weighted by molar-refractivity contribution is 7.89. The van der Waals surface area contributed by atoms with Crippen molar-refractivity contribution in [1.29, 1.82) is 0 Å². The van der Waals surface area contributed by atoms with Crippen molar-refractivity contribution in [2.75, 3.05) is 31.6 Å². The fourth-order valence-corrected chi connectivity index (χ4v) is 4.49. The van der Waals surface area contributed by atoms with Crippen LogP contribution in [0.4, 0.5) is 10.2 Å². The first-order chi connectivity index (χ1) is 13.5. The molecule has 1 aliphatic heterocycles. The van der Waals surface area contributed by atoms with E-state index in [0.29, 0.717) is 24.7 Å². The zero-order valence-corrected chi connectivity index (χ0v) is 17.7. The molecule has 1 saturated heterocycles. The van der Waals surface area contributed by atoms with Crippen molar-refractivity contribution in [3.05, 3.63) is 41.3 Å². The zero-order chi connectivity index (χ0) is 21.4. The number of nitrogens with one attached hydrogen (secondary N) is 1. The Kier molecular flexibility index (Phi) is 5.79. The summed E-state index contributed by atoms with van der Waals surface area (Å²) >= 11 is 0. The fourth-order valence-electron chi connectivity index (χ4n) is 3.06. The van der Waals surface area contributed by atoms with Gasteiger partial charge in [-0.15, -0.1) is 0 Å². The van der Waals surface area contributed by atoms with E-state index in [1.54, 1.807) is 17.7 Å². The average molecular weight is 424 g/mol. The number of nitrogens with zero attached hydrogens (tertiary/aromatic N) is 3. The first-order valence-corrected chi connectivity index (χ1v) is 10.7. The maximum absolute atomic E-state index is 14.4. The lowest BCUT2D eigenvalue weighted by molar-refractivity contribution is 0.0730. The molecule has 1 aromatic heterocycles. The smallest absolute Gasteiger partial charge is 0.259 e. The monoisotopic (exact) mass is 424 g/mol. The maximum atomic E-state index is 14.4. The number of amides is 1. The Labute approximate surface area is 169 Å². The van der Waals surface area contributed by atoms with Crippen molar-refractivity contribution in [2.24, 2.45) is 0 Å². The molecule has 1 aromatic carbocycles. The standard InChI is InChI=1S/C19H25FN4O4S/c1-13-11-17(24(22-13)19(2,3)4)21-18(25)15-12-14(5-6-16(15)20)29(26,27)23-7-9-28-10-8-23/h5-6,11-12H,7-10H2,1-4H3,(H,21,25). The predicted octanol–water partition coefficient (Wildman–Crippen LogP) is 2.36. The van der Waals surface area contributed by atoms with E-state index in [1.807, 2.05) is 20.8 Å². The van der Waals surface area contributed by atoms with Crippen molar-refractivity contribution in [3.63, 3.8) is 0 Å². The Morgan fingerprint density at radius 2 is 1.86 bits per heavy atom. The van der Waals surface area contributed by atoms with Gasteiger partial charge in [0.15, 0.2) is 0 Å². The van der Waals surface area contributed by atoms with Crippen LogP contribution >= 0.6 is 0 Å². The molecule has 8 nitrogen and oxygen atoms in total. The highest BCUT2D eigenvalue weighted by atomic mass is 32.2. The molecule has 29 heavy (non-hydrogen) atoms. The van der Waals surface area contributed by atoms with Gasteiger partial charge in [-0.05, 0) is 45.9 Å². The van der Waals surface area contributed by atoms with Gasteiger partial charge in [0.1, 0.15) is 11.6 Å². The second kappa shape index (κ2) is 7.85. The van der Waals surface area contributed by atoms with Crippen LogP contribution in [0.5, 0.6) is 0 Å². The molecule has 1 N–H and O–H groups in total. The molecule has 2 heterocycles. The Bertz CT molecular complexity index is 1020. The van der Waals surface area contributed by atoms with Crippen LogP contribution in [-0.4, -0.2) is 54.7 Å². The summed E-state index contributed by atoms with van der Waals surface area (Å²) in [5.41, 5.74) is -0.0605. The minimum atomic E-state index is -3.85. The van der Waals surface area contributed by atoms with Crippen LogP contribution in [0.1, 0.15) is 36.8 Å². The first kappa shape index (κ1) is 21.4. The van der Waals surface area contributed by atoms with Crippen LogP contribution in [0.25, 0.3) is 0 Å². The summed E-state index contributed by atoms with van der Waals surface area (Å²) in [5.74, 6) is -1.14. The molecule has 0 unspecified atom stereocenters. The largest absolute Gasteiger partial charge is 0.379 e. The van der Waals surface area contributed by atoms with E-state index in [0.717, 1.165) is 12.1 Å². The number of sulfonamides is 1. The van der Waals surface area contributed by atoms with E-state index >= 15 is 0 Å². The molecule has 3 rings (SSSR count). The highest BCUT2D eigenvalue weighted by Gasteiger charge is 2.28. The van der Waals surface area contributed by atoms with Gasteiger partial charge in [-0.25, -0.2) is 17.5 Å². The van der Waals surface area contributed by atoms with Gasteiger partial charge in [-0.1, -0.05) is 0 Å². The summed E-state index contributed by atoms with van der Waals surface area (Å²) in [6.45, 7) is 8.57. The number of aryl methyl sites for hydroxylation is 1. The van der Waals surface area contributed by atoms with Gasteiger partial charge in [0, 0.05) is 19.2 Å². The lowest BCUT2D eigenvalue weighted by Gasteiger charge is -2.26. The van der Waals surface area contributed by atoms with E-state index in [4.69, 9.17) is 4.74 Å². The van der Waals surface area contributed by atoms with Gasteiger partial charge in [0.2, 0.25) is 10.0 Å². The number of hydrogen-bond donors (Lipinski definition) is 1. The number of carbonyl (C=O) groups is 1. The van der Waals surface area contributed by atoms with Crippen molar-refractivity contribution in [3.8, 4) is 0 Å². The Hall–Kier alpha value is -2.30. The number of halogens is 1. The van der Waals surface area contributed by atoms with Crippen LogP contribution in [0.3, 0.4) is 0 Å². The van der Waals surface area contributed by atoms with Crippen molar-refractivity contribution in [1.82, 2.24) is 14.1 Å². The molecule has 0 bridgehead atoms. The van der Waals surface area contributed by atoms with Crippen LogP contribution in [0, 0.1) is 12.7 Å². The van der Waals surface area contributed by atoms with Crippen molar-refractivity contribution in [2.45, 2.75) is 38.1 Å². The van der Waals surface area contributed by atoms with Crippen LogP contribution in [0.15, 0.2) is 29.2 Å². The lowest BCUT2D eigenvalue weighted by Crippen LogP contribution is -2.40. The molecule has 0 radical (unpaired) electrons. The molecule has 1 aliphatic rings. The minimum absolute atomic E-state index is 0.133. The molecule has 1 amide bonds. The second-order valence-corrected chi connectivity index (χ2v) is 9.80. The van der Waals surface area contributed by atoms with E-state index in [2.05, 4.69) is 10.4 Å². The second-order valence-electron chi connectivity index (χ2n) is 7.87. The van der Waals surface area contributed by atoms with Gasteiger partial charge in [-0.3, -0.25) is 4.79 Å². The zero-order valence-electron chi connectivity index (χ0n) is 16.9. The molecule has 2 aromatic rings. The molecule has 0 atom stereocenters. The number of benzene rings is 1. The average Bonchev–Trinajstić information content (AvgIpc) is 3.03. The lowest BCUT2D eigenvalue weighted by atomic mass is 10.1. The fraction of sp³-hybridized carbons (Fsp3) is 0.474. The van der Waals surface area contributed by atoms with E-state index in [1.165, 1.54) is 10.4 Å². The van der Waals surface area contributed by atoms with Crippen molar-refractivity contribution < 1.29 is 22.3 Å². The molecule has 0 aliphatic carbocycles. The Morgan fingerprint density at radius 3 is 2.48 bits per heavy atom. The van der Waals surface area contributed by atoms with Gasteiger partial charge in [0.05, 0.1) is 34.9 Å². The summed E-state index contributed by atoms with van der Waals surface area (Å²) in [5, 5.41) is 7.01. The summed E-state index contributed by atoms with van der Waals surface area (Å²) in [7, 11) is -3.85. The highest BCUT2D eigenvalue weighted by Crippen LogP contribution is 2.24. The molecular weight excluding hydrogens is 399 g/mol. The minimum Gasteiger partial charge on any atom is -0.379 e. The van der Waals surface area contributed by atoms with Gasteiger partial charge < -0.3 is 10.1 Å². The quantitative estimate of drug-likeness (QED) is 0.813. The first-order valence-electron chi connectivity index (χ1n) is 9.26. The summed E-state index contributed by atoms with van der Waals surface area (Å²) in [6.07, 6.45) is 0. The Morgan fingerprint density at radius 1 is 1.21 bits per heavy atom. The number of anilines is 1. The van der Waals surface area contributed by atoms with Gasteiger partial charge in [-0.2, -0.15) is 9.40 Å². The van der Waals surface area contributed by atoms with E-state index < -0.39 is 27.3 Å². The SMILES string of the molecule is Cc1cc(NC(=O)c2cc(S(=O)(=O)N3CCOCC3)ccc2F)n(C(C)(C)C)n1. The number of aromatic nitrogens is 2. The van der Waals surface area contributed by atoms with Crippen LogP contribution in [-0.2, 0) is 20.3 Å². The van der Waals surface area contributed by atoms with Crippen LogP contribution in [0.2, 0.25) is 0 Å². The third-order valence-electron chi connectivity index (χ3n) is 4.50. The Balaban J connectivity index is 1.92. The predicted molar refractivity (Wildman–Crippen MR) is 106 cm³/mol. The molecule has 10 heteroatoms. The molecule has 0 saturated carbocycles. The van der Waals surface area contributed by atoms with E-state index in [9.17, 15) is 17.6 Å². The number of morpholine rings is 1. The molecular formula is C19H25FN4O4S. The molecule has 0 spiro atoms. The summed E-state index contributed by atoms with van der Waals surface area (Å²) in [6, 6.07) is 4.91. The normalized spacial score (nSPS) is 16.0. The van der Waals surface area contributed by atoms with E-state index in [-0.39, 0.29) is 23.5 Å². The molecule has 158 valence electrons. The van der Waals surface area contributed by atoms with Crippen LogP contribution < -0.4 is 5.32 Å². The van der Waals surface area contributed by atoms with Gasteiger partial charge >= 0.3 is 0 Å². The third kappa shape index (κ3) is 4.49. The number of carbonyl (C=O) groups excluding carboxylic acids is 1. The number of hydrogen-bond acceptors (Lipinski definition) is 5. The summed E-state index contributed by atoms with van der Waals surface area (Å²) in [4.78, 5) is 12.6. The molecule has 1 fully saturated rings. The number of ether oxygens (including phenoxy) is 1. The van der Waals surface area contributed by atoms with Crippen molar-refractivity contribution >= 4 is 21.7 Å².